The molecule has 4 rings (SSSR count). The molecule has 0 saturated heterocycles. The average molecular weight is 399 g/mol. The number of aryl methyl sites for hydroxylation is 1. The van der Waals surface area contributed by atoms with E-state index in [1.165, 1.54) is 5.56 Å². The van der Waals surface area contributed by atoms with E-state index in [-0.39, 0.29) is 0 Å². The van der Waals surface area contributed by atoms with Gasteiger partial charge in [-0.05, 0) is 67.4 Å². The Kier molecular flexibility index (Phi) is 5.84. The molecule has 0 saturated carbocycles. The summed E-state index contributed by atoms with van der Waals surface area (Å²) in [5, 5.41) is 1.77. The molecule has 30 heavy (non-hydrogen) atoms. The number of benzene rings is 3. The van der Waals surface area contributed by atoms with Crippen LogP contribution >= 0.6 is 0 Å². The molecule has 0 spiro atoms. The fraction of sp³-hybridized carbons (Fsp3) is 0.192. The lowest BCUT2D eigenvalue weighted by atomic mass is 10.1. The van der Waals surface area contributed by atoms with E-state index >= 15 is 0 Å². The highest BCUT2D eigenvalue weighted by Crippen LogP contribution is 2.27. The van der Waals surface area contributed by atoms with Crippen molar-refractivity contribution in [2.45, 2.75) is 20.3 Å². The van der Waals surface area contributed by atoms with Crippen LogP contribution in [0, 0.1) is 0 Å². The first-order valence-corrected chi connectivity index (χ1v) is 10.2. The Labute approximate surface area is 176 Å². The predicted molar refractivity (Wildman–Crippen MR) is 120 cm³/mol. The van der Waals surface area contributed by atoms with Gasteiger partial charge < -0.3 is 13.9 Å². The summed E-state index contributed by atoms with van der Waals surface area (Å²) in [4.78, 5) is 5.02. The number of fused-ring (bicyclic) bond motifs is 1. The molecule has 0 atom stereocenters. The van der Waals surface area contributed by atoms with E-state index in [2.05, 4.69) is 13.0 Å². The van der Waals surface area contributed by atoms with E-state index in [0.717, 1.165) is 51.3 Å². The zero-order valence-electron chi connectivity index (χ0n) is 17.5. The minimum absolute atomic E-state index is 0.609. The first kappa shape index (κ1) is 19.8. The summed E-state index contributed by atoms with van der Waals surface area (Å²) in [6.07, 6.45) is 0.921. The standard InChI is InChI=1S/C26H25NO3/c1-4-18-8-6-7-9-23(18)27-24-17-26(19-10-12-20(28-3)13-11-19)30-25-15-14-21(29-5-2)16-22(24)25/h6-17H,4-5H2,1-3H3. The van der Waals surface area contributed by atoms with Crippen LogP contribution in [0.1, 0.15) is 19.4 Å². The maximum Gasteiger partial charge on any atom is 0.137 e. The van der Waals surface area contributed by atoms with Gasteiger partial charge in [-0.15, -0.1) is 0 Å². The summed E-state index contributed by atoms with van der Waals surface area (Å²) in [5.41, 5.74) is 3.90. The van der Waals surface area contributed by atoms with Crippen LogP contribution in [-0.2, 0) is 6.42 Å². The van der Waals surface area contributed by atoms with Crippen molar-refractivity contribution in [1.82, 2.24) is 0 Å². The Morgan fingerprint density at radius 1 is 0.867 bits per heavy atom. The summed E-state index contributed by atoms with van der Waals surface area (Å²) in [5.74, 6) is 2.36. The Morgan fingerprint density at radius 2 is 1.63 bits per heavy atom. The van der Waals surface area contributed by atoms with Gasteiger partial charge in [0.25, 0.3) is 0 Å². The van der Waals surface area contributed by atoms with Gasteiger partial charge in [-0.25, -0.2) is 4.99 Å². The highest BCUT2D eigenvalue weighted by molar-refractivity contribution is 5.80. The Bertz CT molecular complexity index is 1220. The van der Waals surface area contributed by atoms with Crippen molar-refractivity contribution < 1.29 is 13.9 Å². The highest BCUT2D eigenvalue weighted by atomic mass is 16.5. The largest absolute Gasteiger partial charge is 0.497 e. The van der Waals surface area contributed by atoms with Crippen LogP contribution < -0.4 is 14.8 Å². The Hall–Kier alpha value is -3.53. The molecular formula is C26H25NO3. The fourth-order valence-electron chi connectivity index (χ4n) is 3.44. The number of hydrogen-bond acceptors (Lipinski definition) is 4. The van der Waals surface area contributed by atoms with Gasteiger partial charge in [-0.1, -0.05) is 25.1 Å². The summed E-state index contributed by atoms with van der Waals surface area (Å²) >= 11 is 0. The summed E-state index contributed by atoms with van der Waals surface area (Å²) in [7, 11) is 1.66. The Morgan fingerprint density at radius 3 is 2.37 bits per heavy atom. The fourth-order valence-corrected chi connectivity index (χ4v) is 3.44. The molecule has 0 unspecified atom stereocenters. The van der Waals surface area contributed by atoms with Crippen LogP contribution in [-0.4, -0.2) is 13.7 Å². The van der Waals surface area contributed by atoms with Crippen LogP contribution in [0.2, 0.25) is 0 Å². The summed E-state index contributed by atoms with van der Waals surface area (Å²) in [6.45, 7) is 4.73. The van der Waals surface area contributed by atoms with Crippen molar-refractivity contribution in [3.8, 4) is 22.8 Å². The van der Waals surface area contributed by atoms with E-state index < -0.39 is 0 Å². The lowest BCUT2D eigenvalue weighted by Crippen LogP contribution is -2.04. The Balaban J connectivity index is 1.96. The van der Waals surface area contributed by atoms with E-state index in [4.69, 9.17) is 18.9 Å². The quantitative estimate of drug-likeness (QED) is 0.382. The van der Waals surface area contributed by atoms with Gasteiger partial charge in [0.2, 0.25) is 0 Å². The minimum Gasteiger partial charge on any atom is -0.497 e. The molecule has 0 fully saturated rings. The van der Waals surface area contributed by atoms with E-state index in [1.54, 1.807) is 7.11 Å². The zero-order valence-corrected chi connectivity index (χ0v) is 17.5. The smallest absolute Gasteiger partial charge is 0.137 e. The molecule has 3 aromatic carbocycles. The average Bonchev–Trinajstić information content (AvgIpc) is 2.80. The maximum absolute atomic E-state index is 6.23. The molecule has 0 N–H and O–H groups in total. The molecule has 1 heterocycles. The number of ether oxygens (including phenoxy) is 2. The summed E-state index contributed by atoms with van der Waals surface area (Å²) in [6, 6.07) is 23.9. The zero-order chi connectivity index (χ0) is 20.9. The SMILES string of the molecule is CCOc1ccc2oc(-c3ccc(OC)cc3)cc(=Nc3ccccc3CC)c2c1. The van der Waals surface area contributed by atoms with Gasteiger partial charge >= 0.3 is 0 Å². The van der Waals surface area contributed by atoms with Crippen molar-refractivity contribution in [3.05, 3.63) is 83.7 Å². The predicted octanol–water partition coefficient (Wildman–Crippen LogP) is 6.30. The lowest BCUT2D eigenvalue weighted by Gasteiger charge is -2.09. The molecule has 0 aliphatic rings. The molecule has 0 aliphatic carbocycles. The van der Waals surface area contributed by atoms with Crippen molar-refractivity contribution in [2.24, 2.45) is 4.99 Å². The van der Waals surface area contributed by atoms with Crippen LogP contribution in [0.25, 0.3) is 22.3 Å². The second-order valence-electron chi connectivity index (χ2n) is 6.91. The second-order valence-corrected chi connectivity index (χ2v) is 6.91. The number of nitrogens with zero attached hydrogens (tertiary/aromatic N) is 1. The van der Waals surface area contributed by atoms with Gasteiger partial charge in [0.15, 0.2) is 0 Å². The van der Waals surface area contributed by atoms with Gasteiger partial charge in [-0.2, -0.15) is 0 Å². The molecule has 0 aliphatic heterocycles. The van der Waals surface area contributed by atoms with Crippen LogP contribution in [0.4, 0.5) is 5.69 Å². The first-order chi connectivity index (χ1) is 14.7. The molecule has 4 nitrogen and oxygen atoms in total. The van der Waals surface area contributed by atoms with Crippen LogP contribution in [0.5, 0.6) is 11.5 Å². The van der Waals surface area contributed by atoms with Gasteiger partial charge in [0, 0.05) is 17.0 Å². The first-order valence-electron chi connectivity index (χ1n) is 10.2. The lowest BCUT2D eigenvalue weighted by molar-refractivity contribution is 0.340. The molecule has 4 heteroatoms. The van der Waals surface area contributed by atoms with Crippen molar-refractivity contribution >= 4 is 16.7 Å². The third kappa shape index (κ3) is 4.08. The van der Waals surface area contributed by atoms with Gasteiger partial charge in [0.05, 0.1) is 24.8 Å². The summed E-state index contributed by atoms with van der Waals surface area (Å²) < 4.78 is 17.2. The van der Waals surface area contributed by atoms with Crippen LogP contribution in [0.3, 0.4) is 0 Å². The maximum atomic E-state index is 6.23. The number of para-hydroxylation sites is 1. The number of methoxy groups -OCH3 is 1. The van der Waals surface area contributed by atoms with Crippen LogP contribution in [0.15, 0.2) is 82.2 Å². The van der Waals surface area contributed by atoms with E-state index in [0.29, 0.717) is 6.61 Å². The minimum atomic E-state index is 0.609. The van der Waals surface area contributed by atoms with Gasteiger partial charge in [-0.3, -0.25) is 0 Å². The third-order valence-corrected chi connectivity index (χ3v) is 5.01. The molecule has 4 aromatic rings. The second kappa shape index (κ2) is 8.87. The van der Waals surface area contributed by atoms with E-state index in [1.807, 2.05) is 73.7 Å². The molecule has 1 aromatic heterocycles. The number of rotatable bonds is 6. The third-order valence-electron chi connectivity index (χ3n) is 5.01. The van der Waals surface area contributed by atoms with E-state index in [9.17, 15) is 0 Å². The molecule has 0 radical (unpaired) electrons. The monoisotopic (exact) mass is 399 g/mol. The van der Waals surface area contributed by atoms with Crippen molar-refractivity contribution in [1.29, 1.82) is 0 Å². The molecule has 152 valence electrons. The van der Waals surface area contributed by atoms with Crippen molar-refractivity contribution in [2.75, 3.05) is 13.7 Å². The normalized spacial score (nSPS) is 11.6. The molecule has 0 bridgehead atoms. The molecule has 0 amide bonds. The topological polar surface area (TPSA) is 44.0 Å². The molecular weight excluding hydrogens is 374 g/mol. The van der Waals surface area contributed by atoms with Gasteiger partial charge in [0.1, 0.15) is 22.8 Å². The highest BCUT2D eigenvalue weighted by Gasteiger charge is 2.09. The number of hydrogen-bond donors (Lipinski definition) is 0. The van der Waals surface area contributed by atoms with Crippen molar-refractivity contribution in [3.63, 3.8) is 0 Å².